The molecule has 4 heteroatoms. The number of nitrogens with zero attached hydrogens (tertiary/aromatic N) is 1. The molecule has 1 aromatic rings. The molecule has 0 bridgehead atoms. The quantitative estimate of drug-likeness (QED) is 0.781. The maximum Gasteiger partial charge on any atom is 0.253 e. The number of carbonyl (C=O) groups is 1. The second kappa shape index (κ2) is 6.19. The summed E-state index contributed by atoms with van der Waals surface area (Å²) in [5, 5.41) is 0. The van der Waals surface area contributed by atoms with Gasteiger partial charge < -0.3 is 9.64 Å². The number of thioether (sulfide) groups is 1. The van der Waals surface area contributed by atoms with Crippen LogP contribution in [-0.4, -0.2) is 42.9 Å². The van der Waals surface area contributed by atoms with Crippen LogP contribution in [-0.2, 0) is 4.74 Å². The molecule has 1 aromatic carbocycles. The Bertz CT molecular complexity index is 487. The molecule has 1 saturated heterocycles. The molecule has 1 unspecified atom stereocenters. The third-order valence-corrected chi connectivity index (χ3v) is 4.74. The van der Waals surface area contributed by atoms with Gasteiger partial charge in [0.25, 0.3) is 5.91 Å². The zero-order valence-electron chi connectivity index (χ0n) is 11.9. The molecule has 3 rings (SSSR count). The lowest BCUT2D eigenvalue weighted by molar-refractivity contribution is 0.0480. The zero-order valence-corrected chi connectivity index (χ0v) is 12.7. The summed E-state index contributed by atoms with van der Waals surface area (Å²) < 4.78 is 5.89. The summed E-state index contributed by atoms with van der Waals surface area (Å²) in [6.45, 7) is 2.45. The Balaban J connectivity index is 1.56. The van der Waals surface area contributed by atoms with Crippen LogP contribution >= 0.6 is 11.8 Å². The number of benzene rings is 1. The Kier molecular flexibility index (Phi) is 4.32. The lowest BCUT2D eigenvalue weighted by atomic mass is 10.2. The van der Waals surface area contributed by atoms with Crippen LogP contribution in [0.1, 0.15) is 29.6 Å². The van der Waals surface area contributed by atoms with E-state index in [9.17, 15) is 4.79 Å². The first-order valence-electron chi connectivity index (χ1n) is 7.31. The molecule has 20 heavy (non-hydrogen) atoms. The van der Waals surface area contributed by atoms with Crippen LogP contribution in [0.4, 0.5) is 0 Å². The Morgan fingerprint density at radius 3 is 3.00 bits per heavy atom. The molecule has 1 saturated carbocycles. The molecule has 1 aliphatic heterocycles. The normalized spacial score (nSPS) is 22.2. The maximum absolute atomic E-state index is 12.5. The van der Waals surface area contributed by atoms with Crippen molar-refractivity contribution in [2.24, 2.45) is 5.92 Å². The molecular formula is C16H21NO2S. The minimum absolute atomic E-state index is 0.137. The van der Waals surface area contributed by atoms with Gasteiger partial charge in [-0.3, -0.25) is 4.79 Å². The van der Waals surface area contributed by atoms with E-state index in [1.807, 2.05) is 35.4 Å². The van der Waals surface area contributed by atoms with Crippen molar-refractivity contribution in [1.29, 1.82) is 0 Å². The number of likely N-dealkylation sites (tertiary alicyclic amines) is 1. The van der Waals surface area contributed by atoms with Crippen LogP contribution < -0.4 is 0 Å². The Labute approximate surface area is 124 Å². The minimum atomic E-state index is 0.137. The van der Waals surface area contributed by atoms with E-state index in [1.165, 1.54) is 12.8 Å². The van der Waals surface area contributed by atoms with Gasteiger partial charge in [0.15, 0.2) is 0 Å². The summed E-state index contributed by atoms with van der Waals surface area (Å²) >= 11 is 1.67. The molecule has 0 N–H and O–H groups in total. The largest absolute Gasteiger partial charge is 0.376 e. The highest BCUT2D eigenvalue weighted by molar-refractivity contribution is 7.98. The summed E-state index contributed by atoms with van der Waals surface area (Å²) in [6, 6.07) is 7.87. The predicted octanol–water partition coefficient (Wildman–Crippen LogP) is 3.05. The first kappa shape index (κ1) is 14.0. The van der Waals surface area contributed by atoms with Crippen molar-refractivity contribution in [3.63, 3.8) is 0 Å². The molecule has 1 heterocycles. The lowest BCUT2D eigenvalue weighted by Crippen LogP contribution is -2.30. The third kappa shape index (κ3) is 3.36. The molecule has 3 nitrogen and oxygen atoms in total. The van der Waals surface area contributed by atoms with Crippen LogP contribution in [0, 0.1) is 5.92 Å². The summed E-state index contributed by atoms with van der Waals surface area (Å²) in [5.74, 6) is 0.927. The molecule has 0 radical (unpaired) electrons. The van der Waals surface area contributed by atoms with E-state index in [0.717, 1.165) is 42.5 Å². The van der Waals surface area contributed by atoms with Crippen molar-refractivity contribution in [2.45, 2.75) is 30.3 Å². The molecule has 2 aliphatic rings. The van der Waals surface area contributed by atoms with E-state index in [4.69, 9.17) is 4.74 Å². The van der Waals surface area contributed by atoms with Gasteiger partial charge in [-0.1, -0.05) is 6.07 Å². The monoisotopic (exact) mass is 291 g/mol. The third-order valence-electron chi connectivity index (χ3n) is 4.01. The molecule has 0 spiro atoms. The Morgan fingerprint density at radius 1 is 1.40 bits per heavy atom. The summed E-state index contributed by atoms with van der Waals surface area (Å²) in [4.78, 5) is 15.5. The fourth-order valence-corrected chi connectivity index (χ4v) is 3.00. The molecular weight excluding hydrogens is 270 g/mol. The average molecular weight is 291 g/mol. The van der Waals surface area contributed by atoms with Crippen molar-refractivity contribution in [1.82, 2.24) is 4.90 Å². The number of carbonyl (C=O) groups excluding carboxylic acids is 1. The Hall–Kier alpha value is -1.00. The van der Waals surface area contributed by atoms with E-state index in [0.29, 0.717) is 0 Å². The van der Waals surface area contributed by atoms with Gasteiger partial charge in [-0.2, -0.15) is 0 Å². The molecule has 1 amide bonds. The number of amides is 1. The van der Waals surface area contributed by atoms with Crippen LogP contribution in [0.2, 0.25) is 0 Å². The first-order valence-corrected chi connectivity index (χ1v) is 8.53. The fraction of sp³-hybridized carbons (Fsp3) is 0.562. The van der Waals surface area contributed by atoms with Crippen LogP contribution in [0.5, 0.6) is 0 Å². The fourth-order valence-electron chi connectivity index (χ4n) is 2.54. The van der Waals surface area contributed by atoms with Crippen LogP contribution in [0.25, 0.3) is 0 Å². The van der Waals surface area contributed by atoms with Gasteiger partial charge >= 0.3 is 0 Å². The van der Waals surface area contributed by atoms with E-state index in [1.54, 1.807) is 11.8 Å². The van der Waals surface area contributed by atoms with Crippen LogP contribution in [0.15, 0.2) is 29.2 Å². The van der Waals surface area contributed by atoms with Crippen molar-refractivity contribution < 1.29 is 9.53 Å². The van der Waals surface area contributed by atoms with E-state index in [2.05, 4.69) is 0 Å². The number of hydrogen-bond acceptors (Lipinski definition) is 3. The van der Waals surface area contributed by atoms with Gasteiger partial charge in [0, 0.05) is 30.2 Å². The van der Waals surface area contributed by atoms with Gasteiger partial charge in [-0.05, 0) is 49.6 Å². The number of rotatable bonds is 5. The van der Waals surface area contributed by atoms with Gasteiger partial charge in [-0.15, -0.1) is 11.8 Å². The van der Waals surface area contributed by atoms with Crippen molar-refractivity contribution in [3.8, 4) is 0 Å². The summed E-state index contributed by atoms with van der Waals surface area (Å²) in [5.41, 5.74) is 0.791. The van der Waals surface area contributed by atoms with E-state index in [-0.39, 0.29) is 12.0 Å². The van der Waals surface area contributed by atoms with Crippen molar-refractivity contribution >= 4 is 17.7 Å². The standard InChI is InChI=1S/C16H21NO2S/c1-20-15-4-2-3-13(9-15)16(18)17-8-7-14(10-17)19-11-12-5-6-12/h2-4,9,12,14H,5-8,10-11H2,1H3. The second-order valence-corrected chi connectivity index (χ2v) is 6.55. The van der Waals surface area contributed by atoms with Crippen molar-refractivity contribution in [2.75, 3.05) is 26.0 Å². The topological polar surface area (TPSA) is 29.5 Å². The van der Waals surface area contributed by atoms with Crippen molar-refractivity contribution in [3.05, 3.63) is 29.8 Å². The second-order valence-electron chi connectivity index (χ2n) is 5.67. The highest BCUT2D eigenvalue weighted by Crippen LogP contribution is 2.30. The van der Waals surface area contributed by atoms with Gasteiger partial charge in [-0.25, -0.2) is 0 Å². The predicted molar refractivity (Wildman–Crippen MR) is 81.2 cm³/mol. The lowest BCUT2D eigenvalue weighted by Gasteiger charge is -2.17. The molecule has 108 valence electrons. The smallest absolute Gasteiger partial charge is 0.253 e. The van der Waals surface area contributed by atoms with Crippen LogP contribution in [0.3, 0.4) is 0 Å². The average Bonchev–Trinajstić information content (AvgIpc) is 3.21. The molecule has 1 aliphatic carbocycles. The first-order chi connectivity index (χ1) is 9.76. The molecule has 1 atom stereocenters. The molecule has 0 aromatic heterocycles. The SMILES string of the molecule is CSc1cccc(C(=O)N2CCC(OCC3CC3)C2)c1. The Morgan fingerprint density at radius 2 is 2.25 bits per heavy atom. The minimum Gasteiger partial charge on any atom is -0.376 e. The van der Waals surface area contributed by atoms with Gasteiger partial charge in [0.1, 0.15) is 0 Å². The highest BCUT2D eigenvalue weighted by Gasteiger charge is 2.29. The zero-order chi connectivity index (χ0) is 13.9. The van der Waals surface area contributed by atoms with E-state index < -0.39 is 0 Å². The van der Waals surface area contributed by atoms with E-state index >= 15 is 0 Å². The van der Waals surface area contributed by atoms with Gasteiger partial charge in [0.05, 0.1) is 6.10 Å². The highest BCUT2D eigenvalue weighted by atomic mass is 32.2. The summed E-state index contributed by atoms with van der Waals surface area (Å²) in [7, 11) is 0. The summed E-state index contributed by atoms with van der Waals surface area (Å²) in [6.07, 6.45) is 5.87. The molecule has 2 fully saturated rings. The van der Waals surface area contributed by atoms with Gasteiger partial charge in [0.2, 0.25) is 0 Å². The number of hydrogen-bond donors (Lipinski definition) is 0. The maximum atomic E-state index is 12.5. The number of ether oxygens (including phenoxy) is 1.